The number of carbonyl (C=O) groups is 1. The largest absolute Gasteiger partial charge is 0.463 e. The summed E-state index contributed by atoms with van der Waals surface area (Å²) in [5.41, 5.74) is 0.361. The Balaban J connectivity index is 2.85. The summed E-state index contributed by atoms with van der Waals surface area (Å²) in [6.45, 7) is 9.26. The highest BCUT2D eigenvalue weighted by molar-refractivity contribution is 5.87. The van der Waals surface area contributed by atoms with Crippen LogP contribution in [0.1, 0.15) is 56.3 Å². The zero-order valence-electron chi connectivity index (χ0n) is 12.4. The fourth-order valence-corrected chi connectivity index (χ4v) is 1.62. The van der Waals surface area contributed by atoms with Crippen molar-refractivity contribution in [1.82, 2.24) is 4.98 Å². The molecule has 0 radical (unpaired) electrons. The smallest absolute Gasteiger partial charge is 0.376 e. The number of carbonyl (C=O) groups excluding carboxylic acids is 1. The van der Waals surface area contributed by atoms with Crippen LogP contribution in [0.4, 0.5) is 0 Å². The summed E-state index contributed by atoms with van der Waals surface area (Å²) in [5, 5.41) is 0. The predicted octanol–water partition coefficient (Wildman–Crippen LogP) is 2.73. The highest BCUT2D eigenvalue weighted by atomic mass is 16.5. The molecule has 0 saturated heterocycles. The second-order valence-corrected chi connectivity index (χ2v) is 5.39. The van der Waals surface area contributed by atoms with E-state index < -0.39 is 5.97 Å². The van der Waals surface area contributed by atoms with Crippen molar-refractivity contribution in [3.05, 3.63) is 17.3 Å². The van der Waals surface area contributed by atoms with E-state index in [1.54, 1.807) is 0 Å². The van der Waals surface area contributed by atoms with Crippen molar-refractivity contribution in [3.63, 3.8) is 0 Å². The van der Waals surface area contributed by atoms with Crippen LogP contribution in [0.5, 0.6) is 0 Å². The lowest BCUT2D eigenvalue weighted by molar-refractivity contribution is 0.0557. The van der Waals surface area contributed by atoms with Crippen molar-refractivity contribution in [2.75, 3.05) is 20.3 Å². The average Bonchev–Trinajstić information content (AvgIpc) is 2.78. The number of hydrogen-bond acceptors (Lipinski definition) is 5. The van der Waals surface area contributed by atoms with Gasteiger partial charge in [0.05, 0.1) is 19.4 Å². The maximum Gasteiger partial charge on any atom is 0.376 e. The van der Waals surface area contributed by atoms with E-state index >= 15 is 0 Å². The number of aromatic nitrogens is 1. The van der Waals surface area contributed by atoms with Gasteiger partial charge in [0.15, 0.2) is 5.89 Å². The second-order valence-electron chi connectivity index (χ2n) is 5.39. The Kier molecular flexibility index (Phi) is 5.54. The van der Waals surface area contributed by atoms with E-state index in [0.717, 1.165) is 13.0 Å². The number of nitrogens with zero attached hydrogens (tertiary/aromatic N) is 1. The molecule has 0 spiro atoms. The van der Waals surface area contributed by atoms with Gasteiger partial charge in [-0.1, -0.05) is 27.7 Å². The molecule has 0 aliphatic rings. The molecule has 0 aliphatic carbocycles. The third-order valence-corrected chi connectivity index (χ3v) is 2.56. The Morgan fingerprint density at radius 3 is 2.53 bits per heavy atom. The van der Waals surface area contributed by atoms with Crippen LogP contribution in [0.15, 0.2) is 4.42 Å². The lowest BCUT2D eigenvalue weighted by Gasteiger charge is -2.15. The van der Waals surface area contributed by atoms with Gasteiger partial charge in [0.25, 0.3) is 0 Å². The first-order valence-electron chi connectivity index (χ1n) is 6.56. The number of rotatable bonds is 6. The van der Waals surface area contributed by atoms with E-state index in [4.69, 9.17) is 13.9 Å². The zero-order chi connectivity index (χ0) is 14.5. The van der Waals surface area contributed by atoms with Crippen molar-refractivity contribution in [3.8, 4) is 0 Å². The molecule has 0 aromatic carbocycles. The molecule has 19 heavy (non-hydrogen) atoms. The Morgan fingerprint density at radius 1 is 1.32 bits per heavy atom. The summed E-state index contributed by atoms with van der Waals surface area (Å²) in [6.07, 6.45) is 1.53. The Labute approximate surface area is 114 Å². The summed E-state index contributed by atoms with van der Waals surface area (Å²) in [6, 6.07) is 0. The van der Waals surface area contributed by atoms with Crippen LogP contribution < -0.4 is 0 Å². The van der Waals surface area contributed by atoms with Gasteiger partial charge in [-0.3, -0.25) is 0 Å². The van der Waals surface area contributed by atoms with Crippen molar-refractivity contribution in [2.24, 2.45) is 0 Å². The molecule has 1 heterocycles. The van der Waals surface area contributed by atoms with Gasteiger partial charge in [0, 0.05) is 18.4 Å². The van der Waals surface area contributed by atoms with Gasteiger partial charge in [0.1, 0.15) is 0 Å². The van der Waals surface area contributed by atoms with E-state index in [2.05, 4.69) is 11.9 Å². The van der Waals surface area contributed by atoms with Crippen molar-refractivity contribution in [1.29, 1.82) is 0 Å². The molecule has 108 valence electrons. The van der Waals surface area contributed by atoms with E-state index in [1.165, 1.54) is 7.11 Å². The van der Waals surface area contributed by atoms with Gasteiger partial charge in [-0.25, -0.2) is 9.78 Å². The number of methoxy groups -OCH3 is 1. The average molecular weight is 269 g/mol. The Morgan fingerprint density at radius 2 is 2.00 bits per heavy atom. The van der Waals surface area contributed by atoms with Crippen LogP contribution in [-0.4, -0.2) is 31.3 Å². The van der Waals surface area contributed by atoms with Crippen LogP contribution in [0.25, 0.3) is 0 Å². The Bertz CT molecular complexity index is 418. The number of hydrogen-bond donors (Lipinski definition) is 0. The van der Waals surface area contributed by atoms with Crippen LogP contribution >= 0.6 is 0 Å². The molecule has 0 fully saturated rings. The number of ether oxygens (including phenoxy) is 2. The van der Waals surface area contributed by atoms with Gasteiger partial charge in [-0.05, 0) is 6.42 Å². The Hall–Kier alpha value is -1.36. The minimum atomic E-state index is -0.488. The highest BCUT2D eigenvalue weighted by Gasteiger charge is 2.29. The minimum Gasteiger partial charge on any atom is -0.463 e. The minimum absolute atomic E-state index is 0.195. The first-order valence-corrected chi connectivity index (χ1v) is 6.56. The SMILES string of the molecule is CCCOCCc1nc(C(C)(C)C)c(C(=O)OC)o1. The molecule has 5 heteroatoms. The summed E-state index contributed by atoms with van der Waals surface area (Å²) in [7, 11) is 1.33. The van der Waals surface area contributed by atoms with Crippen LogP contribution in [-0.2, 0) is 21.3 Å². The molecule has 0 atom stereocenters. The molecule has 5 nitrogen and oxygen atoms in total. The van der Waals surface area contributed by atoms with Gasteiger partial charge in [0.2, 0.25) is 5.76 Å². The monoisotopic (exact) mass is 269 g/mol. The van der Waals surface area contributed by atoms with Crippen LogP contribution in [0.2, 0.25) is 0 Å². The standard InChI is InChI=1S/C14H23NO4/c1-6-8-18-9-7-10-15-12(14(2,3)4)11(19-10)13(16)17-5/h6-9H2,1-5H3. The molecule has 0 N–H and O–H groups in total. The normalized spacial score (nSPS) is 11.6. The summed E-state index contributed by atoms with van der Waals surface area (Å²) in [5.74, 6) is 0.222. The molecule has 0 amide bonds. The zero-order valence-corrected chi connectivity index (χ0v) is 12.4. The third kappa shape index (κ3) is 4.35. The van der Waals surface area contributed by atoms with Gasteiger partial charge in [-0.2, -0.15) is 0 Å². The first-order chi connectivity index (χ1) is 8.90. The van der Waals surface area contributed by atoms with Crippen molar-refractivity contribution >= 4 is 5.97 Å². The molecular formula is C14H23NO4. The molecule has 1 aromatic rings. The maximum absolute atomic E-state index is 11.7. The molecule has 0 unspecified atom stereocenters. The van der Waals surface area contributed by atoms with E-state index in [-0.39, 0.29) is 11.2 Å². The quantitative estimate of drug-likeness (QED) is 0.587. The molecule has 0 saturated carbocycles. The van der Waals surface area contributed by atoms with Crippen LogP contribution in [0, 0.1) is 0 Å². The number of esters is 1. The fourth-order valence-electron chi connectivity index (χ4n) is 1.62. The lowest BCUT2D eigenvalue weighted by atomic mass is 9.91. The lowest BCUT2D eigenvalue weighted by Crippen LogP contribution is -2.17. The summed E-state index contributed by atoms with van der Waals surface area (Å²) < 4.78 is 15.6. The predicted molar refractivity (Wildman–Crippen MR) is 71.4 cm³/mol. The van der Waals surface area contributed by atoms with Crippen molar-refractivity contribution in [2.45, 2.75) is 46.0 Å². The maximum atomic E-state index is 11.7. The van der Waals surface area contributed by atoms with Crippen LogP contribution in [0.3, 0.4) is 0 Å². The first kappa shape index (κ1) is 15.7. The second kappa shape index (κ2) is 6.70. The molecule has 1 rings (SSSR count). The molecule has 0 aliphatic heterocycles. The fraction of sp³-hybridized carbons (Fsp3) is 0.714. The summed E-state index contributed by atoms with van der Waals surface area (Å²) in [4.78, 5) is 16.1. The molecule has 0 bridgehead atoms. The van der Waals surface area contributed by atoms with Crippen molar-refractivity contribution < 1.29 is 18.7 Å². The highest BCUT2D eigenvalue weighted by Crippen LogP contribution is 2.26. The van der Waals surface area contributed by atoms with Gasteiger partial charge >= 0.3 is 5.97 Å². The number of oxazole rings is 1. The molecular weight excluding hydrogens is 246 g/mol. The summed E-state index contributed by atoms with van der Waals surface area (Å²) >= 11 is 0. The topological polar surface area (TPSA) is 61.6 Å². The third-order valence-electron chi connectivity index (χ3n) is 2.56. The van der Waals surface area contributed by atoms with Gasteiger partial charge in [-0.15, -0.1) is 0 Å². The molecule has 1 aromatic heterocycles. The van der Waals surface area contributed by atoms with E-state index in [1.807, 2.05) is 20.8 Å². The van der Waals surface area contributed by atoms with Gasteiger partial charge < -0.3 is 13.9 Å². The van der Waals surface area contributed by atoms with E-state index in [0.29, 0.717) is 24.6 Å². The van der Waals surface area contributed by atoms with E-state index in [9.17, 15) is 4.79 Å².